The molecule has 4 N–H and O–H groups in total. The number of carboxylic acid groups (broad SMARTS) is 1. The van der Waals surface area contributed by atoms with E-state index in [2.05, 4.69) is 15.6 Å². The normalized spacial score (nSPS) is 14.0. The Balaban J connectivity index is 1.74. The molecule has 1 aromatic heterocycles. The Kier molecular flexibility index (Phi) is 9.69. The van der Waals surface area contributed by atoms with Crippen LogP contribution in [-0.2, 0) is 27.2 Å². The van der Waals surface area contributed by atoms with Crippen LogP contribution in [0.4, 0.5) is 0 Å². The van der Waals surface area contributed by atoms with Crippen molar-refractivity contribution in [2.45, 2.75) is 51.2 Å². The van der Waals surface area contributed by atoms with E-state index in [4.69, 9.17) is 0 Å². The minimum Gasteiger partial charge on any atom is -0.480 e. The molecule has 0 bridgehead atoms. The maximum Gasteiger partial charge on any atom is 0.329 e. The molecular weight excluding hydrogens is 536 g/mol. The highest BCUT2D eigenvalue weighted by Gasteiger charge is 2.33. The van der Waals surface area contributed by atoms with Crippen LogP contribution in [0.2, 0.25) is 0 Å². The molecule has 10 heteroatoms. The fourth-order valence-corrected chi connectivity index (χ4v) is 4.86. The molecule has 42 heavy (non-hydrogen) atoms. The minimum atomic E-state index is -1.30. The standard InChI is InChI=1S/C32H34N4O6/c1-3-20(2)27(31(40)41)35-28(37)25(18-21-12-6-4-7-13-21)33-29(38)26(19-22-14-8-5-9-15-22)36-30(39)23-16-10-11-17-24(23)34-32(36)42/h4-17,20,25-27H,3,18-19H2,1-2H3,(H,33,38)(H,34,42)(H,35,37)(H,40,41)/t20?,25-,26-,27-/m0/s1. The van der Waals surface area contributed by atoms with Crippen molar-refractivity contribution in [3.63, 3.8) is 0 Å². The summed E-state index contributed by atoms with van der Waals surface area (Å²) < 4.78 is 0.876. The number of aliphatic carboxylic acids is 1. The maximum atomic E-state index is 14.0. The lowest BCUT2D eigenvalue weighted by Crippen LogP contribution is -2.56. The molecule has 0 radical (unpaired) electrons. The van der Waals surface area contributed by atoms with Crippen molar-refractivity contribution in [1.82, 2.24) is 20.2 Å². The van der Waals surface area contributed by atoms with Crippen LogP contribution in [-0.4, -0.2) is 44.5 Å². The van der Waals surface area contributed by atoms with Gasteiger partial charge >= 0.3 is 11.7 Å². The number of hydrogen-bond acceptors (Lipinski definition) is 5. The Hall–Kier alpha value is -4.99. The van der Waals surface area contributed by atoms with Crippen LogP contribution in [0.1, 0.15) is 37.4 Å². The lowest BCUT2D eigenvalue weighted by molar-refractivity contribution is -0.143. The predicted octanol–water partition coefficient (Wildman–Crippen LogP) is 2.82. The van der Waals surface area contributed by atoms with Gasteiger partial charge in [-0.25, -0.2) is 14.2 Å². The van der Waals surface area contributed by atoms with Crippen molar-refractivity contribution in [2.75, 3.05) is 0 Å². The Morgan fingerprint density at radius 1 is 0.810 bits per heavy atom. The summed E-state index contributed by atoms with van der Waals surface area (Å²) in [6, 6.07) is 20.8. The van der Waals surface area contributed by atoms with Crippen LogP contribution >= 0.6 is 0 Å². The predicted molar refractivity (Wildman–Crippen MR) is 159 cm³/mol. The van der Waals surface area contributed by atoms with Gasteiger partial charge in [-0.1, -0.05) is 93.1 Å². The molecule has 0 aliphatic rings. The number of hydrogen-bond donors (Lipinski definition) is 4. The third-order valence-corrected chi connectivity index (χ3v) is 7.42. The molecule has 0 aliphatic heterocycles. The van der Waals surface area contributed by atoms with Gasteiger partial charge in [0.05, 0.1) is 10.9 Å². The molecule has 10 nitrogen and oxygen atoms in total. The van der Waals surface area contributed by atoms with E-state index < -0.39 is 47.2 Å². The molecule has 1 heterocycles. The van der Waals surface area contributed by atoms with Gasteiger partial charge in [-0.15, -0.1) is 0 Å². The molecule has 4 rings (SSSR count). The number of nitrogens with one attached hydrogen (secondary N) is 3. The van der Waals surface area contributed by atoms with Crippen LogP contribution in [0.25, 0.3) is 10.9 Å². The summed E-state index contributed by atoms with van der Waals surface area (Å²) >= 11 is 0. The highest BCUT2D eigenvalue weighted by Crippen LogP contribution is 2.16. The quantitative estimate of drug-likeness (QED) is 0.206. The van der Waals surface area contributed by atoms with Crippen LogP contribution < -0.4 is 21.9 Å². The van der Waals surface area contributed by atoms with Gasteiger partial charge in [0.2, 0.25) is 11.8 Å². The first-order valence-corrected chi connectivity index (χ1v) is 13.8. The zero-order chi connectivity index (χ0) is 30.2. The largest absolute Gasteiger partial charge is 0.480 e. The van der Waals surface area contributed by atoms with Gasteiger partial charge in [0.1, 0.15) is 18.1 Å². The fourth-order valence-electron chi connectivity index (χ4n) is 4.86. The number of nitrogens with zero attached hydrogens (tertiary/aromatic N) is 1. The van der Waals surface area contributed by atoms with Crippen LogP contribution in [0.15, 0.2) is 94.5 Å². The fraction of sp³-hybridized carbons (Fsp3) is 0.281. The molecule has 4 atom stereocenters. The second kappa shape index (κ2) is 13.6. The molecule has 0 spiro atoms. The van der Waals surface area contributed by atoms with Gasteiger partial charge in [0.25, 0.3) is 5.56 Å². The lowest BCUT2D eigenvalue weighted by atomic mass is 9.97. The van der Waals surface area contributed by atoms with Gasteiger partial charge in [-0.3, -0.25) is 14.4 Å². The number of benzene rings is 3. The number of carboxylic acids is 1. The van der Waals surface area contributed by atoms with E-state index >= 15 is 0 Å². The summed E-state index contributed by atoms with van der Waals surface area (Å²) in [6.45, 7) is 3.54. The maximum absolute atomic E-state index is 14.0. The van der Waals surface area contributed by atoms with Crippen molar-refractivity contribution in [3.8, 4) is 0 Å². The van der Waals surface area contributed by atoms with Crippen molar-refractivity contribution >= 4 is 28.7 Å². The van der Waals surface area contributed by atoms with Crippen molar-refractivity contribution in [2.24, 2.45) is 5.92 Å². The lowest BCUT2D eigenvalue weighted by Gasteiger charge is -2.26. The van der Waals surface area contributed by atoms with Crippen LogP contribution in [0.5, 0.6) is 0 Å². The average Bonchev–Trinajstić information content (AvgIpc) is 2.99. The summed E-state index contributed by atoms with van der Waals surface area (Å²) in [5.74, 6) is -2.95. The van der Waals surface area contributed by atoms with Crippen LogP contribution in [0, 0.1) is 5.92 Å². The van der Waals surface area contributed by atoms with Crippen molar-refractivity contribution in [3.05, 3.63) is 117 Å². The Morgan fingerprint density at radius 3 is 1.98 bits per heavy atom. The minimum absolute atomic E-state index is 0.00169. The number of rotatable bonds is 12. The summed E-state index contributed by atoms with van der Waals surface area (Å²) in [4.78, 5) is 68.9. The number of para-hydroxylation sites is 1. The number of carbonyl (C=O) groups excluding carboxylic acids is 2. The zero-order valence-electron chi connectivity index (χ0n) is 23.4. The number of aromatic nitrogens is 2. The van der Waals surface area contributed by atoms with Crippen LogP contribution in [0.3, 0.4) is 0 Å². The molecular formula is C32H34N4O6. The topological polar surface area (TPSA) is 150 Å². The number of H-pyrrole nitrogens is 1. The third kappa shape index (κ3) is 7.01. The van der Waals surface area contributed by atoms with E-state index in [1.54, 1.807) is 79.7 Å². The highest BCUT2D eigenvalue weighted by atomic mass is 16.4. The number of amides is 2. The molecule has 218 valence electrons. The first-order chi connectivity index (χ1) is 20.2. The molecule has 1 unspecified atom stereocenters. The Labute approximate surface area is 242 Å². The first-order valence-electron chi connectivity index (χ1n) is 13.8. The molecule has 2 amide bonds. The van der Waals surface area contributed by atoms with Gasteiger partial charge in [-0.2, -0.15) is 0 Å². The molecule has 0 saturated heterocycles. The molecule has 0 saturated carbocycles. The van der Waals surface area contributed by atoms with E-state index in [9.17, 15) is 29.1 Å². The van der Waals surface area contributed by atoms with E-state index in [0.29, 0.717) is 17.5 Å². The molecule has 0 fully saturated rings. The smallest absolute Gasteiger partial charge is 0.329 e. The second-order valence-corrected chi connectivity index (χ2v) is 10.3. The second-order valence-electron chi connectivity index (χ2n) is 10.3. The summed E-state index contributed by atoms with van der Waals surface area (Å²) in [7, 11) is 0. The number of carbonyl (C=O) groups is 3. The van der Waals surface area contributed by atoms with Gasteiger partial charge in [-0.05, 0) is 29.2 Å². The number of aromatic amines is 1. The summed E-state index contributed by atoms with van der Waals surface area (Å²) in [5, 5.41) is 15.3. The molecule has 3 aromatic carbocycles. The van der Waals surface area contributed by atoms with Gasteiger partial charge in [0, 0.05) is 12.8 Å². The van der Waals surface area contributed by atoms with Crippen molar-refractivity contribution in [1.29, 1.82) is 0 Å². The third-order valence-electron chi connectivity index (χ3n) is 7.42. The average molecular weight is 571 g/mol. The number of fused-ring (bicyclic) bond motifs is 1. The van der Waals surface area contributed by atoms with Gasteiger partial charge < -0.3 is 20.7 Å². The van der Waals surface area contributed by atoms with Gasteiger partial charge in [0.15, 0.2) is 0 Å². The zero-order valence-corrected chi connectivity index (χ0v) is 23.4. The first kappa shape index (κ1) is 30.0. The van der Waals surface area contributed by atoms with E-state index in [-0.39, 0.29) is 24.1 Å². The SMILES string of the molecule is CCC(C)[C@H](NC(=O)[C@H](Cc1ccccc1)NC(=O)[C@H](Cc1ccccc1)n1c(=O)[nH]c2ccccc2c1=O)C(=O)O. The summed E-state index contributed by atoms with van der Waals surface area (Å²) in [5.41, 5.74) is 0.366. The van der Waals surface area contributed by atoms with E-state index in [1.807, 2.05) is 19.1 Å². The molecule has 4 aromatic rings. The Bertz CT molecular complexity index is 1670. The van der Waals surface area contributed by atoms with E-state index in [1.165, 1.54) is 0 Å². The molecule has 0 aliphatic carbocycles. The van der Waals surface area contributed by atoms with Crippen molar-refractivity contribution < 1.29 is 19.5 Å². The Morgan fingerprint density at radius 2 is 1.38 bits per heavy atom. The van der Waals surface area contributed by atoms with E-state index in [0.717, 1.165) is 10.1 Å². The summed E-state index contributed by atoms with van der Waals surface area (Å²) in [6.07, 6.45) is 0.574. The highest BCUT2D eigenvalue weighted by molar-refractivity contribution is 5.92. The monoisotopic (exact) mass is 570 g/mol.